The van der Waals surface area contributed by atoms with Gasteiger partial charge >= 0.3 is 12.1 Å². The molecule has 7 heteroatoms. The molecular weight excluding hydrogens is 321 g/mol. The largest absolute Gasteiger partial charge is 0.465 e. The van der Waals surface area contributed by atoms with Gasteiger partial charge in [0.2, 0.25) is 0 Å². The highest BCUT2D eigenvalue weighted by Gasteiger charge is 2.35. The molecule has 1 aliphatic carbocycles. The number of alkyl halides is 3. The van der Waals surface area contributed by atoms with Gasteiger partial charge < -0.3 is 4.74 Å². The first-order valence-corrected chi connectivity index (χ1v) is 7.78. The first-order valence-electron chi connectivity index (χ1n) is 7.78. The third-order valence-electron chi connectivity index (χ3n) is 4.31. The van der Waals surface area contributed by atoms with E-state index in [1.54, 1.807) is 0 Å². The number of rotatable bonds is 5. The van der Waals surface area contributed by atoms with Crippen LogP contribution in [0.4, 0.5) is 13.2 Å². The Labute approximate surface area is 137 Å². The molecule has 0 radical (unpaired) electrons. The van der Waals surface area contributed by atoms with E-state index in [1.807, 2.05) is 23.3 Å². The van der Waals surface area contributed by atoms with Crippen LogP contribution in [0.2, 0.25) is 0 Å². The second-order valence-corrected chi connectivity index (χ2v) is 5.88. The molecular formula is C17H17F3N2O2. The van der Waals surface area contributed by atoms with Crippen molar-refractivity contribution in [2.45, 2.75) is 37.8 Å². The van der Waals surface area contributed by atoms with Crippen LogP contribution in [0.1, 0.15) is 41.1 Å². The number of halogens is 3. The second kappa shape index (κ2) is 6.67. The number of esters is 1. The predicted octanol–water partition coefficient (Wildman–Crippen LogP) is 3.63. The van der Waals surface area contributed by atoms with E-state index in [1.165, 1.54) is 11.1 Å². The molecule has 128 valence electrons. The summed E-state index contributed by atoms with van der Waals surface area (Å²) in [5.41, 5.74) is 1.54. The van der Waals surface area contributed by atoms with Crippen LogP contribution in [0, 0.1) is 0 Å². The maximum absolute atomic E-state index is 12.7. The molecule has 0 fully saturated rings. The maximum Gasteiger partial charge on any atom is 0.433 e. The number of nitrogens with one attached hydrogen (secondary N) is 1. The first-order chi connectivity index (χ1) is 11.4. The van der Waals surface area contributed by atoms with Gasteiger partial charge in [0, 0.05) is 12.0 Å². The van der Waals surface area contributed by atoms with Crippen LogP contribution in [0.25, 0.3) is 0 Å². The average Bonchev–Trinajstić information content (AvgIpc) is 3.14. The fraction of sp³-hybridized carbons (Fsp3) is 0.412. The van der Waals surface area contributed by atoms with Gasteiger partial charge in [0.1, 0.15) is 5.69 Å². The van der Waals surface area contributed by atoms with E-state index in [4.69, 9.17) is 4.74 Å². The molecule has 0 saturated heterocycles. The zero-order valence-corrected chi connectivity index (χ0v) is 12.9. The van der Waals surface area contributed by atoms with E-state index >= 15 is 0 Å². The van der Waals surface area contributed by atoms with Crippen molar-refractivity contribution in [2.75, 3.05) is 6.61 Å². The van der Waals surface area contributed by atoms with E-state index < -0.39 is 11.9 Å². The number of hydrogen-bond acceptors (Lipinski definition) is 3. The molecule has 24 heavy (non-hydrogen) atoms. The number of aryl methyl sites for hydroxylation is 1. The number of carbonyl (C=O) groups is 1. The summed E-state index contributed by atoms with van der Waals surface area (Å²) in [6, 6.07) is 7.99. The molecule has 1 aliphatic rings. The summed E-state index contributed by atoms with van der Waals surface area (Å²) < 4.78 is 43.2. The molecule has 1 aromatic carbocycles. The van der Waals surface area contributed by atoms with Crippen molar-refractivity contribution in [3.05, 3.63) is 52.8 Å². The zero-order chi connectivity index (χ0) is 17.2. The number of benzene rings is 1. The number of aromatic amines is 1. The van der Waals surface area contributed by atoms with E-state index in [9.17, 15) is 18.0 Å². The number of ether oxygens (including phenoxy) is 1. The molecule has 1 aromatic heterocycles. The van der Waals surface area contributed by atoms with Crippen molar-refractivity contribution in [3.63, 3.8) is 0 Å². The summed E-state index contributed by atoms with van der Waals surface area (Å²) in [6.07, 6.45) is -1.29. The molecule has 0 bridgehead atoms. The lowest BCUT2D eigenvalue weighted by Crippen LogP contribution is -2.13. The summed E-state index contributed by atoms with van der Waals surface area (Å²) >= 11 is 0. The Morgan fingerprint density at radius 2 is 2.12 bits per heavy atom. The Morgan fingerprint density at radius 1 is 1.33 bits per heavy atom. The third kappa shape index (κ3) is 3.60. The molecule has 3 rings (SSSR count). The van der Waals surface area contributed by atoms with Crippen LogP contribution >= 0.6 is 0 Å². The molecule has 2 aromatic rings. The summed E-state index contributed by atoms with van der Waals surface area (Å²) in [6.45, 7) is -0.0875. The molecule has 1 N–H and O–H groups in total. The molecule has 1 atom stereocenters. The zero-order valence-electron chi connectivity index (χ0n) is 12.9. The number of carbonyl (C=O) groups excluding carboxylic acids is 1. The van der Waals surface area contributed by atoms with Crippen molar-refractivity contribution in [3.8, 4) is 0 Å². The molecule has 0 spiro atoms. The number of aromatic nitrogens is 2. The van der Waals surface area contributed by atoms with Gasteiger partial charge in [-0.3, -0.25) is 9.89 Å². The van der Waals surface area contributed by atoms with Crippen molar-refractivity contribution in [1.82, 2.24) is 10.2 Å². The van der Waals surface area contributed by atoms with Crippen LogP contribution in [0.15, 0.2) is 30.5 Å². The van der Waals surface area contributed by atoms with Crippen molar-refractivity contribution in [2.24, 2.45) is 0 Å². The summed E-state index contributed by atoms with van der Waals surface area (Å²) in [5.74, 6) is -0.248. The summed E-state index contributed by atoms with van der Waals surface area (Å²) in [5, 5.41) is 5.35. The van der Waals surface area contributed by atoms with Crippen LogP contribution in [-0.2, 0) is 28.5 Å². The molecule has 1 unspecified atom stereocenters. The smallest absolute Gasteiger partial charge is 0.433 e. The number of hydrogen-bond donors (Lipinski definition) is 1. The Kier molecular flexibility index (Phi) is 4.59. The van der Waals surface area contributed by atoms with E-state index in [-0.39, 0.29) is 36.9 Å². The second-order valence-electron chi connectivity index (χ2n) is 5.88. The third-order valence-corrected chi connectivity index (χ3v) is 4.31. The van der Waals surface area contributed by atoms with Crippen LogP contribution < -0.4 is 0 Å². The lowest BCUT2D eigenvalue weighted by molar-refractivity contribution is -0.144. The number of nitrogens with zero attached hydrogens (tertiary/aromatic N) is 1. The fourth-order valence-electron chi connectivity index (χ4n) is 3.14. The van der Waals surface area contributed by atoms with Crippen LogP contribution in [0.3, 0.4) is 0 Å². The molecule has 0 saturated carbocycles. The Hall–Kier alpha value is -2.31. The topological polar surface area (TPSA) is 55.0 Å². The monoisotopic (exact) mass is 338 g/mol. The maximum atomic E-state index is 12.7. The first kappa shape index (κ1) is 16.5. The number of H-pyrrole nitrogens is 1. The van der Waals surface area contributed by atoms with E-state index in [0.717, 1.165) is 19.0 Å². The lowest BCUT2D eigenvalue weighted by Gasteiger charge is -2.11. The van der Waals surface area contributed by atoms with Gasteiger partial charge in [-0.1, -0.05) is 24.3 Å². The lowest BCUT2D eigenvalue weighted by atomic mass is 9.98. The minimum absolute atomic E-state index is 0.00140. The van der Waals surface area contributed by atoms with Gasteiger partial charge in [-0.2, -0.15) is 18.3 Å². The Bertz CT molecular complexity index is 725. The van der Waals surface area contributed by atoms with Gasteiger partial charge in [0.15, 0.2) is 0 Å². The predicted molar refractivity (Wildman–Crippen MR) is 80.4 cm³/mol. The van der Waals surface area contributed by atoms with E-state index in [2.05, 4.69) is 11.2 Å². The molecule has 4 nitrogen and oxygen atoms in total. The highest BCUT2D eigenvalue weighted by Crippen LogP contribution is 2.35. The quantitative estimate of drug-likeness (QED) is 0.847. The highest BCUT2D eigenvalue weighted by molar-refractivity contribution is 5.71. The van der Waals surface area contributed by atoms with Gasteiger partial charge in [0.25, 0.3) is 0 Å². The molecule has 1 heterocycles. The normalized spacial score (nSPS) is 16.9. The Balaban J connectivity index is 1.50. The van der Waals surface area contributed by atoms with Gasteiger partial charge in [0.05, 0.1) is 19.2 Å². The minimum Gasteiger partial charge on any atom is -0.465 e. The van der Waals surface area contributed by atoms with Gasteiger partial charge in [-0.05, 0) is 29.9 Å². The Morgan fingerprint density at radius 3 is 2.92 bits per heavy atom. The van der Waals surface area contributed by atoms with Gasteiger partial charge in [-0.15, -0.1) is 0 Å². The van der Waals surface area contributed by atoms with Gasteiger partial charge in [-0.25, -0.2) is 0 Å². The van der Waals surface area contributed by atoms with Crippen molar-refractivity contribution in [1.29, 1.82) is 0 Å². The van der Waals surface area contributed by atoms with E-state index in [0.29, 0.717) is 0 Å². The summed E-state index contributed by atoms with van der Waals surface area (Å²) in [4.78, 5) is 12.0. The van der Waals surface area contributed by atoms with Crippen LogP contribution in [0.5, 0.6) is 0 Å². The average molecular weight is 338 g/mol. The fourth-order valence-corrected chi connectivity index (χ4v) is 3.14. The number of fused-ring (bicyclic) bond motifs is 1. The SMILES string of the molecule is O=C(CC1CCc2ccccc21)OCCc1cn[nH]c1C(F)(F)F. The minimum atomic E-state index is -4.48. The highest BCUT2D eigenvalue weighted by atomic mass is 19.4. The van der Waals surface area contributed by atoms with Crippen molar-refractivity contribution >= 4 is 5.97 Å². The summed E-state index contributed by atoms with van der Waals surface area (Å²) in [7, 11) is 0. The molecule has 0 aliphatic heterocycles. The van der Waals surface area contributed by atoms with Crippen molar-refractivity contribution < 1.29 is 22.7 Å². The standard InChI is InChI=1S/C17H17F3N2O2/c18-17(19,20)16-13(10-21-22-16)7-8-24-15(23)9-12-6-5-11-3-1-2-4-14(11)12/h1-4,10,12H,5-9H2,(H,21,22). The van der Waals surface area contributed by atoms with Crippen LogP contribution in [-0.4, -0.2) is 22.8 Å². The molecule has 0 amide bonds.